The number of benzene rings is 2. The molecule has 1 fully saturated rings. The molecule has 126 valence electrons. The van der Waals surface area contributed by atoms with Gasteiger partial charge in [0.05, 0.1) is 23.9 Å². The number of nitrogens with zero attached hydrogens (tertiary/aromatic N) is 1. The molecule has 0 atom stereocenters. The zero-order valence-corrected chi connectivity index (χ0v) is 14.5. The fraction of sp³-hybridized carbons (Fsp3) is 0.235. The van der Waals surface area contributed by atoms with Gasteiger partial charge in [-0.3, -0.25) is 0 Å². The van der Waals surface area contributed by atoms with Crippen molar-refractivity contribution in [2.45, 2.75) is 0 Å². The second-order valence-corrected chi connectivity index (χ2v) is 6.17. The van der Waals surface area contributed by atoms with Gasteiger partial charge < -0.3 is 20.3 Å². The minimum Gasteiger partial charge on any atom is -0.378 e. The third-order valence-electron chi connectivity index (χ3n) is 3.68. The van der Waals surface area contributed by atoms with E-state index in [9.17, 15) is 4.39 Å². The Hall–Kier alpha value is -1.89. The number of hydrogen-bond acceptors (Lipinski definition) is 3. The molecule has 3 rings (SSSR count). The van der Waals surface area contributed by atoms with Crippen LogP contribution in [0.3, 0.4) is 0 Å². The quantitative estimate of drug-likeness (QED) is 0.800. The molecule has 7 heteroatoms. The topological polar surface area (TPSA) is 36.5 Å². The summed E-state index contributed by atoms with van der Waals surface area (Å²) in [5, 5.41) is 6.72. The third-order valence-corrected chi connectivity index (χ3v) is 4.20. The average molecular weight is 366 g/mol. The first-order valence-electron chi connectivity index (χ1n) is 7.57. The molecule has 2 aromatic rings. The van der Waals surface area contributed by atoms with Gasteiger partial charge >= 0.3 is 0 Å². The lowest BCUT2D eigenvalue weighted by atomic mass is 10.2. The third kappa shape index (κ3) is 4.35. The molecule has 0 radical (unpaired) electrons. The minimum absolute atomic E-state index is 0.279. The van der Waals surface area contributed by atoms with Crippen LogP contribution in [0.1, 0.15) is 0 Å². The summed E-state index contributed by atoms with van der Waals surface area (Å²) in [5.74, 6) is -0.386. The van der Waals surface area contributed by atoms with Crippen LogP contribution in [0.2, 0.25) is 5.02 Å². The van der Waals surface area contributed by atoms with Gasteiger partial charge in [-0.25, -0.2) is 4.39 Å². The predicted octanol–water partition coefficient (Wildman–Crippen LogP) is 4.12. The molecule has 0 saturated carbocycles. The molecule has 4 nitrogen and oxygen atoms in total. The van der Waals surface area contributed by atoms with Crippen LogP contribution in [0.5, 0.6) is 0 Å². The highest BCUT2D eigenvalue weighted by molar-refractivity contribution is 7.80. The van der Waals surface area contributed by atoms with E-state index in [1.807, 2.05) is 24.3 Å². The molecule has 0 amide bonds. The van der Waals surface area contributed by atoms with Crippen molar-refractivity contribution in [3.8, 4) is 0 Å². The molecule has 0 aromatic heterocycles. The molecule has 0 aliphatic carbocycles. The van der Waals surface area contributed by atoms with E-state index in [1.165, 1.54) is 12.1 Å². The highest BCUT2D eigenvalue weighted by Crippen LogP contribution is 2.23. The second-order valence-electron chi connectivity index (χ2n) is 5.35. The van der Waals surface area contributed by atoms with Crippen LogP contribution in [0.15, 0.2) is 42.5 Å². The first-order valence-corrected chi connectivity index (χ1v) is 8.36. The summed E-state index contributed by atoms with van der Waals surface area (Å²) in [6.07, 6.45) is 0. The van der Waals surface area contributed by atoms with Gasteiger partial charge in [0.15, 0.2) is 5.11 Å². The van der Waals surface area contributed by atoms with Gasteiger partial charge in [0.1, 0.15) is 5.82 Å². The van der Waals surface area contributed by atoms with Crippen LogP contribution in [0.25, 0.3) is 0 Å². The van der Waals surface area contributed by atoms with Crippen molar-refractivity contribution in [1.82, 2.24) is 0 Å². The van der Waals surface area contributed by atoms with Gasteiger partial charge in [-0.15, -0.1) is 0 Å². The number of halogens is 2. The zero-order valence-electron chi connectivity index (χ0n) is 12.9. The number of morpholine rings is 1. The summed E-state index contributed by atoms with van der Waals surface area (Å²) in [5.41, 5.74) is 2.58. The van der Waals surface area contributed by atoms with Crippen LogP contribution in [0, 0.1) is 5.82 Å². The average Bonchev–Trinajstić information content (AvgIpc) is 2.59. The van der Waals surface area contributed by atoms with E-state index in [-0.39, 0.29) is 10.8 Å². The van der Waals surface area contributed by atoms with Gasteiger partial charge in [-0.1, -0.05) is 11.6 Å². The summed E-state index contributed by atoms with van der Waals surface area (Å²) in [4.78, 5) is 2.28. The number of thiocarbonyl (C=S) groups is 1. The number of hydrogen-bond donors (Lipinski definition) is 2. The maximum atomic E-state index is 13.1. The van der Waals surface area contributed by atoms with Crippen molar-refractivity contribution in [1.29, 1.82) is 0 Å². The molecule has 2 N–H and O–H groups in total. The summed E-state index contributed by atoms with van der Waals surface area (Å²) in [6, 6.07) is 12.1. The molecule has 0 spiro atoms. The maximum absolute atomic E-state index is 13.1. The summed E-state index contributed by atoms with van der Waals surface area (Å²) in [6.45, 7) is 3.31. The standard InChI is InChI=1S/C17H17ClFN3OS/c18-15-11-12(19)1-6-16(15)21-17(24)20-13-2-4-14(5-3-13)22-7-9-23-10-8-22/h1-6,11H,7-10H2,(H2,20,21,24). The second kappa shape index (κ2) is 7.79. The molecule has 1 aliphatic heterocycles. The van der Waals surface area contributed by atoms with E-state index in [0.717, 1.165) is 37.7 Å². The van der Waals surface area contributed by atoms with Crippen LogP contribution < -0.4 is 15.5 Å². The van der Waals surface area contributed by atoms with Crippen molar-refractivity contribution in [2.24, 2.45) is 0 Å². The number of rotatable bonds is 3. The number of ether oxygens (including phenoxy) is 1. The van der Waals surface area contributed by atoms with Crippen molar-refractivity contribution >= 4 is 46.0 Å². The van der Waals surface area contributed by atoms with Crippen molar-refractivity contribution in [2.75, 3.05) is 41.8 Å². The van der Waals surface area contributed by atoms with Gasteiger partial charge in [0.25, 0.3) is 0 Å². The van der Waals surface area contributed by atoms with Crippen LogP contribution in [-0.4, -0.2) is 31.4 Å². The normalized spacial score (nSPS) is 14.3. The largest absolute Gasteiger partial charge is 0.378 e. The molecule has 1 heterocycles. The molecule has 24 heavy (non-hydrogen) atoms. The molecule has 2 aromatic carbocycles. The highest BCUT2D eigenvalue weighted by atomic mass is 35.5. The Morgan fingerprint density at radius 2 is 1.79 bits per heavy atom. The Morgan fingerprint density at radius 1 is 1.08 bits per heavy atom. The van der Waals surface area contributed by atoms with Crippen molar-refractivity contribution in [3.63, 3.8) is 0 Å². The lowest BCUT2D eigenvalue weighted by Gasteiger charge is -2.29. The fourth-order valence-electron chi connectivity index (χ4n) is 2.45. The molecule has 0 bridgehead atoms. The van der Waals surface area contributed by atoms with Crippen LogP contribution >= 0.6 is 23.8 Å². The smallest absolute Gasteiger partial charge is 0.175 e. The first kappa shape index (κ1) is 17.0. The van der Waals surface area contributed by atoms with Crippen molar-refractivity contribution in [3.05, 3.63) is 53.3 Å². The minimum atomic E-state index is -0.386. The van der Waals surface area contributed by atoms with E-state index in [0.29, 0.717) is 10.8 Å². The van der Waals surface area contributed by atoms with Crippen LogP contribution in [0.4, 0.5) is 21.5 Å². The molecule has 1 aliphatic rings. The Morgan fingerprint density at radius 3 is 2.46 bits per heavy atom. The fourth-order valence-corrected chi connectivity index (χ4v) is 2.89. The van der Waals surface area contributed by atoms with Crippen molar-refractivity contribution < 1.29 is 9.13 Å². The van der Waals surface area contributed by atoms with Gasteiger partial charge in [-0.05, 0) is 54.7 Å². The highest BCUT2D eigenvalue weighted by Gasteiger charge is 2.11. The summed E-state index contributed by atoms with van der Waals surface area (Å²) >= 11 is 11.2. The Bertz CT molecular complexity index is 720. The summed E-state index contributed by atoms with van der Waals surface area (Å²) in [7, 11) is 0. The van der Waals surface area contributed by atoms with E-state index >= 15 is 0 Å². The zero-order chi connectivity index (χ0) is 16.9. The van der Waals surface area contributed by atoms with Gasteiger partial charge in [0, 0.05) is 24.5 Å². The van der Waals surface area contributed by atoms with Gasteiger partial charge in [0.2, 0.25) is 0 Å². The SMILES string of the molecule is Fc1ccc(NC(=S)Nc2ccc(N3CCOCC3)cc2)c(Cl)c1. The van der Waals surface area contributed by atoms with E-state index < -0.39 is 0 Å². The first-order chi connectivity index (χ1) is 11.6. The monoisotopic (exact) mass is 365 g/mol. The maximum Gasteiger partial charge on any atom is 0.175 e. The lowest BCUT2D eigenvalue weighted by Crippen LogP contribution is -2.36. The molecular weight excluding hydrogens is 349 g/mol. The lowest BCUT2D eigenvalue weighted by molar-refractivity contribution is 0.122. The molecular formula is C17H17ClFN3OS. The van der Waals surface area contributed by atoms with Gasteiger partial charge in [-0.2, -0.15) is 0 Å². The van der Waals surface area contributed by atoms with Crippen LogP contribution in [-0.2, 0) is 4.74 Å². The Labute approximate surface area is 150 Å². The van der Waals surface area contributed by atoms with E-state index in [1.54, 1.807) is 6.07 Å². The molecule has 1 saturated heterocycles. The van der Waals surface area contributed by atoms with E-state index in [4.69, 9.17) is 28.6 Å². The molecule has 0 unspecified atom stereocenters. The Balaban J connectivity index is 1.59. The number of nitrogens with one attached hydrogen (secondary N) is 2. The Kier molecular flexibility index (Phi) is 5.50. The predicted molar refractivity (Wildman–Crippen MR) is 101 cm³/mol. The summed E-state index contributed by atoms with van der Waals surface area (Å²) < 4.78 is 18.4. The van der Waals surface area contributed by atoms with E-state index in [2.05, 4.69) is 15.5 Å². The number of anilines is 3.